The van der Waals surface area contributed by atoms with Crippen molar-refractivity contribution < 1.29 is 14.3 Å². The third-order valence-corrected chi connectivity index (χ3v) is 5.37. The van der Waals surface area contributed by atoms with Gasteiger partial charge in [0.15, 0.2) is 6.61 Å². The zero-order chi connectivity index (χ0) is 22.5. The Labute approximate surface area is 187 Å². The van der Waals surface area contributed by atoms with Gasteiger partial charge in [-0.05, 0) is 76.4 Å². The van der Waals surface area contributed by atoms with Crippen molar-refractivity contribution >= 4 is 27.7 Å². The minimum absolute atomic E-state index is 0.131. The van der Waals surface area contributed by atoms with Gasteiger partial charge >= 0.3 is 0 Å². The van der Waals surface area contributed by atoms with Crippen LogP contribution in [-0.4, -0.2) is 34.9 Å². The second-order valence-electron chi connectivity index (χ2n) is 8.55. The molecule has 0 aromatic heterocycles. The molecule has 162 valence electrons. The van der Waals surface area contributed by atoms with E-state index < -0.39 is 6.04 Å². The Hall–Kier alpha value is -2.34. The van der Waals surface area contributed by atoms with Crippen LogP contribution < -0.4 is 10.1 Å². The first kappa shape index (κ1) is 23.9. The van der Waals surface area contributed by atoms with Gasteiger partial charge < -0.3 is 15.0 Å². The van der Waals surface area contributed by atoms with Gasteiger partial charge in [0.25, 0.3) is 5.91 Å². The van der Waals surface area contributed by atoms with Crippen molar-refractivity contribution in [2.24, 2.45) is 0 Å². The molecule has 1 atom stereocenters. The van der Waals surface area contributed by atoms with Crippen LogP contribution in [0, 0.1) is 13.8 Å². The summed E-state index contributed by atoms with van der Waals surface area (Å²) in [7, 11) is 0. The maximum Gasteiger partial charge on any atom is 0.261 e. The van der Waals surface area contributed by atoms with Crippen molar-refractivity contribution in [1.82, 2.24) is 10.2 Å². The highest BCUT2D eigenvalue weighted by atomic mass is 79.9. The fourth-order valence-electron chi connectivity index (χ4n) is 2.95. The van der Waals surface area contributed by atoms with E-state index in [9.17, 15) is 9.59 Å². The maximum atomic E-state index is 13.1. The molecule has 6 heteroatoms. The molecule has 0 aliphatic carbocycles. The van der Waals surface area contributed by atoms with Crippen molar-refractivity contribution in [1.29, 1.82) is 0 Å². The number of aryl methyl sites for hydroxylation is 1. The van der Waals surface area contributed by atoms with E-state index in [2.05, 4.69) is 21.2 Å². The second kappa shape index (κ2) is 10.1. The lowest BCUT2D eigenvalue weighted by Crippen LogP contribution is -2.53. The minimum atomic E-state index is -0.637. The highest BCUT2D eigenvalue weighted by molar-refractivity contribution is 9.10. The van der Waals surface area contributed by atoms with E-state index in [-0.39, 0.29) is 24.0 Å². The topological polar surface area (TPSA) is 58.6 Å². The number of carbonyl (C=O) groups excluding carboxylic acids is 2. The number of hydrogen-bond donors (Lipinski definition) is 1. The molecule has 2 aromatic carbocycles. The Morgan fingerprint density at radius 3 is 2.33 bits per heavy atom. The number of nitrogens with one attached hydrogen (secondary N) is 1. The van der Waals surface area contributed by atoms with Crippen molar-refractivity contribution in [2.45, 2.75) is 59.7 Å². The summed E-state index contributed by atoms with van der Waals surface area (Å²) in [6.45, 7) is 11.7. The van der Waals surface area contributed by atoms with Crippen LogP contribution >= 0.6 is 15.9 Å². The molecular weight excluding hydrogens is 444 g/mol. The number of hydrogen-bond acceptors (Lipinski definition) is 3. The first-order valence-electron chi connectivity index (χ1n) is 10.0. The maximum absolute atomic E-state index is 13.1. The largest absolute Gasteiger partial charge is 0.483 e. The molecule has 0 heterocycles. The van der Waals surface area contributed by atoms with Crippen molar-refractivity contribution in [2.75, 3.05) is 6.61 Å². The average Bonchev–Trinajstić information content (AvgIpc) is 2.66. The number of amides is 2. The van der Waals surface area contributed by atoms with Crippen molar-refractivity contribution in [3.05, 3.63) is 63.6 Å². The van der Waals surface area contributed by atoms with Crippen LogP contribution in [0.2, 0.25) is 0 Å². The molecule has 2 rings (SSSR count). The number of nitrogens with zero attached hydrogens (tertiary/aromatic N) is 1. The summed E-state index contributed by atoms with van der Waals surface area (Å²) < 4.78 is 6.78. The van der Waals surface area contributed by atoms with Crippen LogP contribution in [0.5, 0.6) is 5.75 Å². The summed E-state index contributed by atoms with van der Waals surface area (Å²) in [5.41, 5.74) is 2.66. The summed E-state index contributed by atoms with van der Waals surface area (Å²) in [6.07, 6.45) is 0. The molecule has 0 unspecified atom stereocenters. The van der Waals surface area contributed by atoms with Crippen molar-refractivity contribution in [3.8, 4) is 5.75 Å². The number of rotatable bonds is 7. The third-order valence-electron chi connectivity index (χ3n) is 4.84. The molecule has 0 radical (unpaired) electrons. The molecule has 30 heavy (non-hydrogen) atoms. The van der Waals surface area contributed by atoms with E-state index in [0.29, 0.717) is 12.3 Å². The molecule has 0 fully saturated rings. The Balaban J connectivity index is 2.20. The quantitative estimate of drug-likeness (QED) is 0.628. The van der Waals surface area contributed by atoms with Crippen LogP contribution in [-0.2, 0) is 16.1 Å². The van der Waals surface area contributed by atoms with Gasteiger partial charge in [-0.3, -0.25) is 9.59 Å². The van der Waals surface area contributed by atoms with Crippen LogP contribution in [0.25, 0.3) is 0 Å². The summed E-state index contributed by atoms with van der Waals surface area (Å²) in [6, 6.07) is 12.8. The Morgan fingerprint density at radius 1 is 1.10 bits per heavy atom. The first-order chi connectivity index (χ1) is 14.0. The molecular formula is C24H31BrN2O3. The van der Waals surface area contributed by atoms with Gasteiger partial charge in [0.1, 0.15) is 11.8 Å². The SMILES string of the molecule is Cc1cccc(OCC(=O)N(Cc2ccc(Br)cc2)[C@H](C)C(=O)NC(C)(C)C)c1C. The predicted octanol–water partition coefficient (Wildman–Crippen LogP) is 4.78. The Kier molecular flexibility index (Phi) is 8.07. The highest BCUT2D eigenvalue weighted by Crippen LogP contribution is 2.21. The zero-order valence-corrected chi connectivity index (χ0v) is 20.2. The molecule has 5 nitrogen and oxygen atoms in total. The summed E-state index contributed by atoms with van der Waals surface area (Å²) in [4.78, 5) is 27.4. The zero-order valence-electron chi connectivity index (χ0n) is 18.6. The molecule has 1 N–H and O–H groups in total. The molecule has 2 amide bonds. The number of ether oxygens (including phenoxy) is 1. The van der Waals surface area contributed by atoms with E-state index in [0.717, 1.165) is 21.2 Å². The normalized spacial score (nSPS) is 12.2. The standard InChI is InChI=1S/C24H31BrN2O3/c1-16-8-7-9-21(17(16)2)30-15-22(28)27(14-19-10-12-20(25)13-11-19)18(3)23(29)26-24(4,5)6/h7-13,18H,14-15H2,1-6H3,(H,26,29)/t18-/m1/s1. The summed E-state index contributed by atoms with van der Waals surface area (Å²) in [5.74, 6) is 0.244. The molecule has 0 bridgehead atoms. The predicted molar refractivity (Wildman–Crippen MR) is 123 cm³/mol. The van der Waals surface area contributed by atoms with Crippen LogP contribution in [0.15, 0.2) is 46.9 Å². The van der Waals surface area contributed by atoms with Crippen LogP contribution in [0.3, 0.4) is 0 Å². The molecule has 0 saturated heterocycles. The van der Waals surface area contributed by atoms with E-state index in [1.807, 2.05) is 77.1 Å². The fourth-order valence-corrected chi connectivity index (χ4v) is 3.21. The van der Waals surface area contributed by atoms with Crippen molar-refractivity contribution in [3.63, 3.8) is 0 Å². The van der Waals surface area contributed by atoms with Crippen LogP contribution in [0.1, 0.15) is 44.4 Å². The van der Waals surface area contributed by atoms with E-state index in [1.54, 1.807) is 11.8 Å². The van der Waals surface area contributed by atoms with E-state index in [4.69, 9.17) is 4.74 Å². The van der Waals surface area contributed by atoms with Gasteiger partial charge in [0.2, 0.25) is 5.91 Å². The molecule has 0 saturated carbocycles. The number of halogens is 1. The smallest absolute Gasteiger partial charge is 0.261 e. The third kappa shape index (κ3) is 6.87. The first-order valence-corrected chi connectivity index (χ1v) is 10.8. The summed E-state index contributed by atoms with van der Waals surface area (Å²) in [5, 5.41) is 2.96. The molecule has 0 aliphatic heterocycles. The second-order valence-corrected chi connectivity index (χ2v) is 9.47. The van der Waals surface area contributed by atoms with Gasteiger partial charge in [-0.1, -0.05) is 40.2 Å². The van der Waals surface area contributed by atoms with Gasteiger partial charge in [-0.25, -0.2) is 0 Å². The highest BCUT2D eigenvalue weighted by Gasteiger charge is 2.28. The fraction of sp³-hybridized carbons (Fsp3) is 0.417. The number of benzene rings is 2. The van der Waals surface area contributed by atoms with Crippen LogP contribution in [0.4, 0.5) is 0 Å². The monoisotopic (exact) mass is 474 g/mol. The average molecular weight is 475 g/mol. The molecule has 0 aliphatic rings. The molecule has 0 spiro atoms. The van der Waals surface area contributed by atoms with Gasteiger partial charge in [-0.15, -0.1) is 0 Å². The minimum Gasteiger partial charge on any atom is -0.483 e. The summed E-state index contributed by atoms with van der Waals surface area (Å²) >= 11 is 3.42. The Bertz CT molecular complexity index is 888. The van der Waals surface area contributed by atoms with Gasteiger partial charge in [0, 0.05) is 16.6 Å². The lowest BCUT2D eigenvalue weighted by atomic mass is 10.1. The number of carbonyl (C=O) groups is 2. The van der Waals surface area contributed by atoms with E-state index in [1.165, 1.54) is 0 Å². The van der Waals surface area contributed by atoms with E-state index >= 15 is 0 Å². The van der Waals surface area contributed by atoms with Gasteiger partial charge in [-0.2, -0.15) is 0 Å². The molecule has 2 aromatic rings. The van der Waals surface area contributed by atoms with Gasteiger partial charge in [0.05, 0.1) is 0 Å². The lowest BCUT2D eigenvalue weighted by Gasteiger charge is -2.31. The lowest BCUT2D eigenvalue weighted by molar-refractivity contribution is -0.142. The Morgan fingerprint density at radius 2 is 1.73 bits per heavy atom.